The van der Waals surface area contributed by atoms with Crippen LogP contribution in [-0.4, -0.2) is 16.8 Å². The number of nitrogen functional groups attached to an aromatic ring is 1. The van der Waals surface area contributed by atoms with Crippen LogP contribution >= 0.6 is 0 Å². The van der Waals surface area contributed by atoms with Gasteiger partial charge in [-0.25, -0.2) is 5.84 Å². The summed E-state index contributed by atoms with van der Waals surface area (Å²) in [6.45, 7) is 0.237. The molecule has 0 aliphatic heterocycles. The van der Waals surface area contributed by atoms with Crippen LogP contribution in [0.5, 0.6) is 5.75 Å². The van der Waals surface area contributed by atoms with Crippen molar-refractivity contribution in [1.29, 1.82) is 0 Å². The van der Waals surface area contributed by atoms with E-state index in [2.05, 4.69) is 4.98 Å². The Balaban J connectivity index is 1.96. The first kappa shape index (κ1) is 14.5. The van der Waals surface area contributed by atoms with E-state index in [-0.39, 0.29) is 6.61 Å². The molecule has 7 nitrogen and oxygen atoms in total. The van der Waals surface area contributed by atoms with Crippen LogP contribution in [0.4, 0.5) is 0 Å². The lowest BCUT2D eigenvalue weighted by atomic mass is 10.2. The number of hydrazine groups is 1. The van der Waals surface area contributed by atoms with Crippen LogP contribution in [0.1, 0.15) is 26.4 Å². The van der Waals surface area contributed by atoms with Crippen molar-refractivity contribution in [3.05, 3.63) is 59.4 Å². The number of hydrogen-bond donors (Lipinski definition) is 3. The number of nitrogens with zero attached hydrogens (tertiary/aromatic N) is 1. The molecule has 5 N–H and O–H groups in total. The van der Waals surface area contributed by atoms with Crippen LogP contribution in [0, 0.1) is 0 Å². The number of primary amides is 1. The summed E-state index contributed by atoms with van der Waals surface area (Å²) in [4.78, 5) is 26.3. The zero-order valence-corrected chi connectivity index (χ0v) is 11.1. The number of benzene rings is 1. The minimum Gasteiger partial charge on any atom is -0.487 e. The Morgan fingerprint density at radius 1 is 1.10 bits per heavy atom. The number of aromatic nitrogens is 1. The quantitative estimate of drug-likeness (QED) is 0.416. The Labute approximate surface area is 120 Å². The van der Waals surface area contributed by atoms with E-state index in [0.29, 0.717) is 22.6 Å². The highest BCUT2D eigenvalue weighted by Gasteiger charge is 2.05. The van der Waals surface area contributed by atoms with Gasteiger partial charge in [-0.1, -0.05) is 0 Å². The largest absolute Gasteiger partial charge is 0.487 e. The summed E-state index contributed by atoms with van der Waals surface area (Å²) in [6, 6.07) is 9.73. The Morgan fingerprint density at radius 3 is 2.29 bits per heavy atom. The summed E-state index contributed by atoms with van der Waals surface area (Å²) >= 11 is 0. The predicted molar refractivity (Wildman–Crippen MR) is 75.2 cm³/mol. The molecule has 2 amide bonds. The van der Waals surface area contributed by atoms with Crippen molar-refractivity contribution in [3.8, 4) is 5.75 Å². The van der Waals surface area contributed by atoms with E-state index < -0.39 is 11.8 Å². The predicted octanol–water partition coefficient (Wildman–Crippen LogP) is 0.363. The number of ether oxygens (including phenoxy) is 1. The normalized spacial score (nSPS) is 9.95. The zero-order chi connectivity index (χ0) is 15.2. The molecule has 21 heavy (non-hydrogen) atoms. The van der Waals surface area contributed by atoms with E-state index in [9.17, 15) is 9.59 Å². The van der Waals surface area contributed by atoms with Crippen LogP contribution in [0.15, 0.2) is 42.6 Å². The van der Waals surface area contributed by atoms with Gasteiger partial charge in [-0.3, -0.25) is 20.0 Å². The van der Waals surface area contributed by atoms with Gasteiger partial charge in [0.2, 0.25) is 5.91 Å². The summed E-state index contributed by atoms with van der Waals surface area (Å²) in [5.74, 6) is 4.72. The molecule has 2 aromatic rings. The molecule has 0 atom stereocenters. The SMILES string of the molecule is NNC(=O)c1ccc(COc2ccc(C(N)=O)cc2)nc1. The van der Waals surface area contributed by atoms with Crippen LogP contribution in [0.2, 0.25) is 0 Å². The number of pyridine rings is 1. The lowest BCUT2D eigenvalue weighted by Gasteiger charge is -2.06. The smallest absolute Gasteiger partial charge is 0.266 e. The lowest BCUT2D eigenvalue weighted by Crippen LogP contribution is -2.30. The first-order chi connectivity index (χ1) is 10.1. The van der Waals surface area contributed by atoms with Gasteiger partial charge in [0, 0.05) is 11.8 Å². The topological polar surface area (TPSA) is 120 Å². The minimum atomic E-state index is -0.489. The molecule has 108 valence electrons. The van der Waals surface area contributed by atoms with Crippen molar-refractivity contribution in [2.75, 3.05) is 0 Å². The second-order valence-electron chi connectivity index (χ2n) is 4.19. The van der Waals surface area contributed by atoms with Crippen LogP contribution in [0.3, 0.4) is 0 Å². The zero-order valence-electron chi connectivity index (χ0n) is 11.1. The summed E-state index contributed by atoms with van der Waals surface area (Å²) in [5.41, 5.74) is 8.61. The number of nitrogens with one attached hydrogen (secondary N) is 1. The van der Waals surface area contributed by atoms with Gasteiger partial charge in [-0.15, -0.1) is 0 Å². The van der Waals surface area contributed by atoms with E-state index in [1.54, 1.807) is 36.4 Å². The van der Waals surface area contributed by atoms with Crippen molar-refractivity contribution in [2.24, 2.45) is 11.6 Å². The van der Waals surface area contributed by atoms with E-state index >= 15 is 0 Å². The maximum atomic E-state index is 11.2. The van der Waals surface area contributed by atoms with E-state index in [1.165, 1.54) is 6.20 Å². The molecule has 0 bridgehead atoms. The van der Waals surface area contributed by atoms with Gasteiger partial charge >= 0.3 is 0 Å². The number of carbonyl (C=O) groups excluding carboxylic acids is 2. The molecule has 0 unspecified atom stereocenters. The van der Waals surface area contributed by atoms with Crippen molar-refractivity contribution in [2.45, 2.75) is 6.61 Å². The summed E-state index contributed by atoms with van der Waals surface area (Å²) in [5, 5.41) is 0. The van der Waals surface area contributed by atoms with Gasteiger partial charge in [0.25, 0.3) is 5.91 Å². The minimum absolute atomic E-state index is 0.237. The molecule has 0 saturated heterocycles. The van der Waals surface area contributed by atoms with Gasteiger partial charge in [0.05, 0.1) is 11.3 Å². The molecule has 0 fully saturated rings. The fourth-order valence-corrected chi connectivity index (χ4v) is 1.60. The Kier molecular flexibility index (Phi) is 4.47. The molecule has 0 radical (unpaired) electrons. The van der Waals surface area contributed by atoms with Gasteiger partial charge in [0.1, 0.15) is 12.4 Å². The highest BCUT2D eigenvalue weighted by atomic mass is 16.5. The van der Waals surface area contributed by atoms with Crippen LogP contribution in [0.25, 0.3) is 0 Å². The molecule has 7 heteroatoms. The van der Waals surface area contributed by atoms with E-state index in [1.807, 2.05) is 5.43 Å². The average molecular weight is 286 g/mol. The second-order valence-corrected chi connectivity index (χ2v) is 4.19. The maximum Gasteiger partial charge on any atom is 0.266 e. The summed E-state index contributed by atoms with van der Waals surface area (Å²) in [7, 11) is 0. The molecule has 1 aromatic heterocycles. The summed E-state index contributed by atoms with van der Waals surface area (Å²) < 4.78 is 5.51. The van der Waals surface area contributed by atoms with Gasteiger partial charge in [-0.2, -0.15) is 0 Å². The van der Waals surface area contributed by atoms with Crippen molar-refractivity contribution >= 4 is 11.8 Å². The molecule has 1 aromatic carbocycles. The Bertz CT molecular complexity index is 638. The van der Waals surface area contributed by atoms with Crippen molar-refractivity contribution < 1.29 is 14.3 Å². The van der Waals surface area contributed by atoms with Crippen LogP contribution < -0.4 is 21.7 Å². The second kappa shape index (κ2) is 6.49. The number of hydrogen-bond acceptors (Lipinski definition) is 5. The number of amides is 2. The monoisotopic (exact) mass is 286 g/mol. The molecule has 0 saturated carbocycles. The van der Waals surface area contributed by atoms with Gasteiger partial charge in [-0.05, 0) is 36.4 Å². The first-order valence-electron chi connectivity index (χ1n) is 6.08. The van der Waals surface area contributed by atoms with Gasteiger partial charge < -0.3 is 10.5 Å². The fraction of sp³-hybridized carbons (Fsp3) is 0.0714. The maximum absolute atomic E-state index is 11.2. The van der Waals surface area contributed by atoms with E-state index in [4.69, 9.17) is 16.3 Å². The molecular weight excluding hydrogens is 272 g/mol. The number of rotatable bonds is 5. The van der Waals surface area contributed by atoms with Gasteiger partial charge in [0.15, 0.2) is 0 Å². The average Bonchev–Trinajstić information content (AvgIpc) is 2.53. The standard InChI is InChI=1S/C14H14N4O3/c15-13(19)9-2-5-12(6-3-9)21-8-11-4-1-10(7-17-11)14(20)18-16/h1-7H,8,16H2,(H2,15,19)(H,18,20). The molecule has 0 spiro atoms. The van der Waals surface area contributed by atoms with Crippen LogP contribution in [-0.2, 0) is 6.61 Å². The lowest BCUT2D eigenvalue weighted by molar-refractivity contribution is 0.0952. The fourth-order valence-electron chi connectivity index (χ4n) is 1.60. The molecule has 0 aliphatic carbocycles. The molecule has 0 aliphatic rings. The van der Waals surface area contributed by atoms with E-state index in [0.717, 1.165) is 0 Å². The molecular formula is C14H14N4O3. The first-order valence-corrected chi connectivity index (χ1v) is 6.08. The number of carbonyl (C=O) groups is 2. The Hall–Kier alpha value is -2.93. The highest BCUT2D eigenvalue weighted by molar-refractivity contribution is 5.93. The highest BCUT2D eigenvalue weighted by Crippen LogP contribution is 2.13. The third-order valence-electron chi connectivity index (χ3n) is 2.74. The summed E-state index contributed by atoms with van der Waals surface area (Å²) in [6.07, 6.45) is 1.41. The van der Waals surface area contributed by atoms with Crippen molar-refractivity contribution in [1.82, 2.24) is 10.4 Å². The third-order valence-corrected chi connectivity index (χ3v) is 2.74. The number of nitrogens with two attached hydrogens (primary N) is 2. The Morgan fingerprint density at radius 2 is 1.76 bits per heavy atom. The third kappa shape index (κ3) is 3.77. The molecule has 2 rings (SSSR count). The van der Waals surface area contributed by atoms with Crippen molar-refractivity contribution in [3.63, 3.8) is 0 Å². The molecule has 1 heterocycles.